The number of hydrogen-bond donors (Lipinski definition) is 2. The summed E-state index contributed by atoms with van der Waals surface area (Å²) in [6, 6.07) is 9.23. The van der Waals surface area contributed by atoms with Crippen molar-refractivity contribution in [1.82, 2.24) is 4.98 Å². The Morgan fingerprint density at radius 3 is 2.67 bits per heavy atom. The number of hydrogen-bond acceptors (Lipinski definition) is 3. The van der Waals surface area contributed by atoms with Crippen molar-refractivity contribution in [3.05, 3.63) is 51.8 Å². The van der Waals surface area contributed by atoms with Crippen LogP contribution in [0.25, 0.3) is 0 Å². The second-order valence-corrected chi connectivity index (χ2v) is 4.79. The first kappa shape index (κ1) is 13.0. The maximum atomic E-state index is 5.95. The van der Waals surface area contributed by atoms with E-state index in [9.17, 15) is 0 Å². The summed E-state index contributed by atoms with van der Waals surface area (Å²) in [5.41, 5.74) is 9.11. The third-order valence-corrected chi connectivity index (χ3v) is 3.22. The molecule has 0 amide bonds. The Labute approximate surface area is 116 Å². The maximum Gasteiger partial charge on any atom is 0.0614 e. The van der Waals surface area contributed by atoms with Crippen LogP contribution in [0.3, 0.4) is 0 Å². The molecule has 0 saturated heterocycles. The topological polar surface area (TPSA) is 50.9 Å². The minimum Gasteiger partial charge on any atom is -0.397 e. The Hall–Kier alpha value is -1.45. The van der Waals surface area contributed by atoms with Crippen LogP contribution in [0, 0.1) is 6.92 Å². The first-order valence-corrected chi connectivity index (χ1v) is 6.23. The van der Waals surface area contributed by atoms with Gasteiger partial charge in [0.1, 0.15) is 0 Å². The van der Waals surface area contributed by atoms with E-state index in [1.165, 1.54) is 0 Å². The average molecular weight is 282 g/mol. The van der Waals surface area contributed by atoms with Gasteiger partial charge in [-0.05, 0) is 31.2 Å². The van der Waals surface area contributed by atoms with Crippen LogP contribution in [0.2, 0.25) is 10.0 Å². The van der Waals surface area contributed by atoms with E-state index in [1.807, 2.05) is 25.1 Å². The van der Waals surface area contributed by atoms with E-state index in [1.54, 1.807) is 12.1 Å². The van der Waals surface area contributed by atoms with Crippen molar-refractivity contribution < 1.29 is 0 Å². The van der Waals surface area contributed by atoms with Gasteiger partial charge in [-0.1, -0.05) is 29.3 Å². The van der Waals surface area contributed by atoms with Crippen LogP contribution in [-0.4, -0.2) is 4.98 Å². The number of benzene rings is 1. The molecular formula is C13H13Cl2N3. The fraction of sp³-hybridized carbons (Fsp3) is 0.154. The molecule has 0 saturated carbocycles. The fourth-order valence-corrected chi connectivity index (χ4v) is 1.93. The zero-order valence-corrected chi connectivity index (χ0v) is 11.4. The molecule has 0 atom stereocenters. The molecule has 3 N–H and O–H groups in total. The summed E-state index contributed by atoms with van der Waals surface area (Å²) >= 11 is 11.8. The number of halogens is 2. The maximum absolute atomic E-state index is 5.95. The lowest BCUT2D eigenvalue weighted by Gasteiger charge is -2.10. The highest BCUT2D eigenvalue weighted by atomic mass is 35.5. The summed E-state index contributed by atoms with van der Waals surface area (Å²) in [5.74, 6) is 0. The molecule has 0 unspecified atom stereocenters. The number of nitrogens with one attached hydrogen (secondary N) is 1. The highest BCUT2D eigenvalue weighted by molar-refractivity contribution is 6.42. The van der Waals surface area contributed by atoms with Gasteiger partial charge in [0.15, 0.2) is 0 Å². The zero-order chi connectivity index (χ0) is 13.1. The quantitative estimate of drug-likeness (QED) is 0.840. The number of aromatic nitrogens is 1. The Balaban J connectivity index is 2.13. The summed E-state index contributed by atoms with van der Waals surface area (Å²) in [7, 11) is 0. The molecule has 2 rings (SSSR count). The van der Waals surface area contributed by atoms with Crippen molar-refractivity contribution in [2.75, 3.05) is 11.1 Å². The van der Waals surface area contributed by atoms with Gasteiger partial charge in [0.2, 0.25) is 0 Å². The zero-order valence-electron chi connectivity index (χ0n) is 9.87. The Morgan fingerprint density at radius 1 is 1.22 bits per heavy atom. The van der Waals surface area contributed by atoms with Crippen molar-refractivity contribution in [2.24, 2.45) is 0 Å². The summed E-state index contributed by atoms with van der Waals surface area (Å²) in [5, 5.41) is 4.12. The predicted octanol–water partition coefficient (Wildman–Crippen LogP) is 3.89. The van der Waals surface area contributed by atoms with Gasteiger partial charge in [-0.2, -0.15) is 0 Å². The van der Waals surface area contributed by atoms with Crippen LogP contribution in [0.15, 0.2) is 30.3 Å². The summed E-state index contributed by atoms with van der Waals surface area (Å²) < 4.78 is 0. The van der Waals surface area contributed by atoms with Gasteiger partial charge >= 0.3 is 0 Å². The molecule has 3 nitrogen and oxygen atoms in total. The fourth-order valence-electron chi connectivity index (χ4n) is 1.60. The molecule has 2 aromatic rings. The number of nitrogens with two attached hydrogens (primary N) is 1. The van der Waals surface area contributed by atoms with Crippen molar-refractivity contribution >= 4 is 34.6 Å². The van der Waals surface area contributed by atoms with E-state index >= 15 is 0 Å². The van der Waals surface area contributed by atoms with Gasteiger partial charge in [0.25, 0.3) is 0 Å². The van der Waals surface area contributed by atoms with Crippen molar-refractivity contribution in [3.8, 4) is 0 Å². The molecule has 0 aliphatic heterocycles. The molecule has 0 bridgehead atoms. The van der Waals surface area contributed by atoms with Crippen LogP contribution in [-0.2, 0) is 6.54 Å². The highest BCUT2D eigenvalue weighted by Crippen LogP contribution is 2.30. The molecule has 0 aliphatic carbocycles. The Bertz CT molecular complexity index is 570. The van der Waals surface area contributed by atoms with Gasteiger partial charge < -0.3 is 11.1 Å². The summed E-state index contributed by atoms with van der Waals surface area (Å²) in [6.07, 6.45) is 0. The van der Waals surface area contributed by atoms with E-state index in [4.69, 9.17) is 28.9 Å². The average Bonchev–Trinajstić information content (AvgIpc) is 2.32. The standard InChI is InChI=1S/C13H13Cl2N3/c1-8-3-2-4-9(18-8)7-17-13-6-11(15)10(14)5-12(13)16/h2-6,17H,7,16H2,1H3. The van der Waals surface area contributed by atoms with Crippen LogP contribution in [0.4, 0.5) is 11.4 Å². The van der Waals surface area contributed by atoms with Gasteiger partial charge in [-0.15, -0.1) is 0 Å². The Morgan fingerprint density at radius 2 is 1.94 bits per heavy atom. The van der Waals surface area contributed by atoms with Gasteiger partial charge in [0.05, 0.1) is 33.7 Å². The highest BCUT2D eigenvalue weighted by Gasteiger charge is 2.05. The molecule has 0 fully saturated rings. The lowest BCUT2D eigenvalue weighted by atomic mass is 10.2. The lowest BCUT2D eigenvalue weighted by molar-refractivity contribution is 1.02. The normalized spacial score (nSPS) is 10.4. The van der Waals surface area contributed by atoms with E-state index in [2.05, 4.69) is 10.3 Å². The molecule has 94 valence electrons. The van der Waals surface area contributed by atoms with E-state index in [-0.39, 0.29) is 0 Å². The largest absolute Gasteiger partial charge is 0.397 e. The number of rotatable bonds is 3. The molecule has 0 spiro atoms. The Kier molecular flexibility index (Phi) is 3.94. The molecule has 18 heavy (non-hydrogen) atoms. The molecular weight excluding hydrogens is 269 g/mol. The summed E-state index contributed by atoms with van der Waals surface area (Å²) in [4.78, 5) is 4.40. The van der Waals surface area contributed by atoms with Crippen LogP contribution in [0.1, 0.15) is 11.4 Å². The van der Waals surface area contributed by atoms with Crippen molar-refractivity contribution in [3.63, 3.8) is 0 Å². The third-order valence-electron chi connectivity index (χ3n) is 2.50. The second kappa shape index (κ2) is 5.46. The molecule has 1 heterocycles. The number of nitrogens with zero attached hydrogens (tertiary/aromatic N) is 1. The number of nitrogen functional groups attached to an aromatic ring is 1. The smallest absolute Gasteiger partial charge is 0.0614 e. The van der Waals surface area contributed by atoms with Crippen LogP contribution < -0.4 is 11.1 Å². The number of anilines is 2. The van der Waals surface area contributed by atoms with Crippen LogP contribution >= 0.6 is 23.2 Å². The second-order valence-electron chi connectivity index (χ2n) is 3.98. The monoisotopic (exact) mass is 281 g/mol. The molecule has 1 aromatic heterocycles. The third kappa shape index (κ3) is 3.06. The molecule has 0 aliphatic rings. The first-order valence-electron chi connectivity index (χ1n) is 5.47. The van der Waals surface area contributed by atoms with E-state index in [0.29, 0.717) is 22.3 Å². The van der Waals surface area contributed by atoms with Crippen molar-refractivity contribution in [2.45, 2.75) is 13.5 Å². The number of aryl methyl sites for hydroxylation is 1. The molecule has 0 radical (unpaired) electrons. The number of pyridine rings is 1. The van der Waals surface area contributed by atoms with Gasteiger partial charge in [0, 0.05) is 5.69 Å². The van der Waals surface area contributed by atoms with E-state index < -0.39 is 0 Å². The van der Waals surface area contributed by atoms with E-state index in [0.717, 1.165) is 17.1 Å². The van der Waals surface area contributed by atoms with Crippen molar-refractivity contribution in [1.29, 1.82) is 0 Å². The molecule has 5 heteroatoms. The summed E-state index contributed by atoms with van der Waals surface area (Å²) in [6.45, 7) is 2.54. The first-order chi connectivity index (χ1) is 8.56. The predicted molar refractivity (Wildman–Crippen MR) is 77.2 cm³/mol. The minimum atomic E-state index is 0.452. The molecule has 1 aromatic carbocycles. The van der Waals surface area contributed by atoms with Crippen LogP contribution in [0.5, 0.6) is 0 Å². The minimum absolute atomic E-state index is 0.452. The van der Waals surface area contributed by atoms with Gasteiger partial charge in [-0.3, -0.25) is 4.98 Å². The SMILES string of the molecule is Cc1cccc(CNc2cc(Cl)c(Cl)cc2N)n1. The van der Waals surface area contributed by atoms with Gasteiger partial charge in [-0.25, -0.2) is 0 Å². The lowest BCUT2D eigenvalue weighted by Crippen LogP contribution is -2.04.